The molecule has 1 saturated heterocycles. The molecule has 1 fully saturated rings. The lowest BCUT2D eigenvalue weighted by Gasteiger charge is -2.25. The van der Waals surface area contributed by atoms with Crippen LogP contribution in [0.4, 0.5) is 5.69 Å². The van der Waals surface area contributed by atoms with Gasteiger partial charge in [-0.25, -0.2) is 13.1 Å². The SMILES string of the molecule is O=C1CCC(=O)N1c1ccc(S(=O)(=O)NC[C@@](O)(c2ccsc2)c2ccco2)cc1. The minimum atomic E-state index is -3.98. The van der Waals surface area contributed by atoms with Gasteiger partial charge in [0.1, 0.15) is 5.76 Å². The Balaban J connectivity index is 1.55. The van der Waals surface area contributed by atoms with E-state index in [-0.39, 0.29) is 41.9 Å². The van der Waals surface area contributed by atoms with E-state index in [9.17, 15) is 23.1 Å². The first-order valence-corrected chi connectivity index (χ1v) is 11.5. The molecule has 30 heavy (non-hydrogen) atoms. The van der Waals surface area contributed by atoms with Gasteiger partial charge in [-0.15, -0.1) is 0 Å². The largest absolute Gasteiger partial charge is 0.466 e. The molecule has 3 aromatic rings. The van der Waals surface area contributed by atoms with Gasteiger partial charge in [0.05, 0.1) is 23.4 Å². The number of rotatable bonds is 7. The normalized spacial score (nSPS) is 16.8. The molecule has 4 rings (SSSR count). The average Bonchev–Trinajstić information content (AvgIpc) is 3.50. The van der Waals surface area contributed by atoms with Crippen molar-refractivity contribution >= 4 is 38.9 Å². The van der Waals surface area contributed by atoms with E-state index in [0.29, 0.717) is 11.3 Å². The summed E-state index contributed by atoms with van der Waals surface area (Å²) in [6.07, 6.45) is 1.70. The molecular weight excluding hydrogens is 428 g/mol. The molecule has 1 aromatic carbocycles. The Morgan fingerprint density at radius 2 is 1.80 bits per heavy atom. The number of hydrogen-bond donors (Lipinski definition) is 2. The summed E-state index contributed by atoms with van der Waals surface area (Å²) in [5.74, 6) is -0.411. The Kier molecular flexibility index (Phi) is 5.33. The summed E-state index contributed by atoms with van der Waals surface area (Å²) >= 11 is 1.37. The maximum absolute atomic E-state index is 12.8. The number of nitrogens with one attached hydrogen (secondary N) is 1. The molecule has 8 nitrogen and oxygen atoms in total. The van der Waals surface area contributed by atoms with Crippen LogP contribution in [0.15, 0.2) is 68.8 Å². The minimum absolute atomic E-state index is 0.0579. The summed E-state index contributed by atoms with van der Waals surface area (Å²) in [7, 11) is -3.98. The number of sulfonamides is 1. The molecule has 1 aliphatic rings. The highest BCUT2D eigenvalue weighted by Gasteiger charge is 2.36. The number of carbonyl (C=O) groups is 2. The van der Waals surface area contributed by atoms with Crippen molar-refractivity contribution in [1.82, 2.24) is 4.72 Å². The van der Waals surface area contributed by atoms with Gasteiger partial charge in [0.15, 0.2) is 5.60 Å². The molecule has 0 saturated carbocycles. The van der Waals surface area contributed by atoms with Crippen LogP contribution in [0.1, 0.15) is 24.2 Å². The number of imide groups is 1. The van der Waals surface area contributed by atoms with Gasteiger partial charge >= 0.3 is 0 Å². The van der Waals surface area contributed by atoms with Crippen molar-refractivity contribution in [3.63, 3.8) is 0 Å². The van der Waals surface area contributed by atoms with Gasteiger partial charge in [-0.3, -0.25) is 14.5 Å². The zero-order chi connectivity index (χ0) is 21.4. The van der Waals surface area contributed by atoms with Crippen molar-refractivity contribution in [2.75, 3.05) is 11.4 Å². The van der Waals surface area contributed by atoms with Crippen LogP contribution in [0, 0.1) is 0 Å². The van der Waals surface area contributed by atoms with Crippen LogP contribution in [-0.2, 0) is 25.2 Å². The number of nitrogens with zero attached hydrogens (tertiary/aromatic N) is 1. The fourth-order valence-corrected chi connectivity index (χ4v) is 5.05. The molecule has 0 radical (unpaired) electrons. The van der Waals surface area contributed by atoms with E-state index in [1.807, 2.05) is 0 Å². The number of hydrogen-bond acceptors (Lipinski definition) is 7. The topological polar surface area (TPSA) is 117 Å². The number of benzene rings is 1. The van der Waals surface area contributed by atoms with Crippen molar-refractivity contribution in [3.8, 4) is 0 Å². The predicted molar refractivity (Wildman–Crippen MR) is 109 cm³/mol. The van der Waals surface area contributed by atoms with Crippen LogP contribution < -0.4 is 9.62 Å². The van der Waals surface area contributed by atoms with Crippen LogP contribution >= 0.6 is 11.3 Å². The fraction of sp³-hybridized carbons (Fsp3) is 0.200. The summed E-state index contributed by atoms with van der Waals surface area (Å²) in [6.45, 7) is -0.343. The van der Waals surface area contributed by atoms with Crippen molar-refractivity contribution in [2.24, 2.45) is 0 Å². The number of anilines is 1. The second-order valence-corrected chi connectivity index (χ2v) is 9.34. The van der Waals surface area contributed by atoms with Gasteiger partial charge in [-0.2, -0.15) is 11.3 Å². The molecule has 2 amide bonds. The third kappa shape index (κ3) is 3.70. The van der Waals surface area contributed by atoms with Crippen LogP contribution in [0.25, 0.3) is 0 Å². The minimum Gasteiger partial charge on any atom is -0.466 e. The molecule has 1 atom stereocenters. The molecule has 2 aromatic heterocycles. The summed E-state index contributed by atoms with van der Waals surface area (Å²) in [5.41, 5.74) is -0.844. The van der Waals surface area contributed by atoms with Gasteiger partial charge in [0.25, 0.3) is 0 Å². The molecular formula is C20H18N2O6S2. The Morgan fingerprint density at radius 3 is 2.37 bits per heavy atom. The zero-order valence-electron chi connectivity index (χ0n) is 15.6. The van der Waals surface area contributed by atoms with E-state index >= 15 is 0 Å². The van der Waals surface area contributed by atoms with Crippen LogP contribution in [0.3, 0.4) is 0 Å². The lowest BCUT2D eigenvalue weighted by molar-refractivity contribution is -0.121. The van der Waals surface area contributed by atoms with Gasteiger partial charge in [0.2, 0.25) is 21.8 Å². The molecule has 0 spiro atoms. The highest BCUT2D eigenvalue weighted by molar-refractivity contribution is 7.89. The van der Waals surface area contributed by atoms with Crippen molar-refractivity contribution in [1.29, 1.82) is 0 Å². The maximum atomic E-state index is 12.8. The number of carbonyl (C=O) groups excluding carboxylic acids is 2. The van der Waals surface area contributed by atoms with Gasteiger partial charge < -0.3 is 9.52 Å². The smallest absolute Gasteiger partial charge is 0.240 e. The van der Waals surface area contributed by atoms with Crippen molar-refractivity contribution in [3.05, 3.63) is 70.8 Å². The van der Waals surface area contributed by atoms with E-state index in [4.69, 9.17) is 4.42 Å². The lowest BCUT2D eigenvalue weighted by atomic mass is 9.94. The van der Waals surface area contributed by atoms with E-state index < -0.39 is 15.6 Å². The van der Waals surface area contributed by atoms with E-state index in [2.05, 4.69) is 4.72 Å². The average molecular weight is 447 g/mol. The van der Waals surface area contributed by atoms with Gasteiger partial charge in [-0.1, -0.05) is 0 Å². The Labute approximate surface area is 176 Å². The number of thiophene rings is 1. The Bertz CT molecular complexity index is 1100. The Hall–Kier alpha value is -2.79. The lowest BCUT2D eigenvalue weighted by Crippen LogP contribution is -2.41. The standard InChI is InChI=1S/C20H18N2O6S2/c23-18-7-8-19(24)22(18)15-3-5-16(6-4-15)30(26,27)21-13-20(25,14-9-11-29-12-14)17-2-1-10-28-17/h1-6,9-12,21,25H,7-8,13H2/t20-/m1/s1. The molecule has 0 aliphatic carbocycles. The van der Waals surface area contributed by atoms with E-state index in [1.54, 1.807) is 29.0 Å². The van der Waals surface area contributed by atoms with Gasteiger partial charge in [-0.05, 0) is 53.2 Å². The van der Waals surface area contributed by atoms with Crippen molar-refractivity contribution in [2.45, 2.75) is 23.3 Å². The summed E-state index contributed by atoms with van der Waals surface area (Å²) in [5, 5.41) is 14.7. The maximum Gasteiger partial charge on any atom is 0.240 e. The van der Waals surface area contributed by atoms with E-state index in [0.717, 1.165) is 4.90 Å². The summed E-state index contributed by atoms with van der Waals surface area (Å²) in [4.78, 5) is 24.7. The zero-order valence-corrected chi connectivity index (χ0v) is 17.3. The summed E-state index contributed by atoms with van der Waals surface area (Å²) < 4.78 is 33.3. The third-order valence-corrected chi connectivity index (χ3v) is 7.00. The molecule has 10 heteroatoms. The predicted octanol–water partition coefficient (Wildman–Crippen LogP) is 2.21. The van der Waals surface area contributed by atoms with E-state index in [1.165, 1.54) is 41.9 Å². The monoisotopic (exact) mass is 446 g/mol. The number of aliphatic hydroxyl groups is 1. The first-order valence-electron chi connectivity index (χ1n) is 9.06. The number of furan rings is 1. The van der Waals surface area contributed by atoms with Crippen molar-refractivity contribution < 1.29 is 27.5 Å². The van der Waals surface area contributed by atoms with Crippen LogP contribution in [0.5, 0.6) is 0 Å². The molecule has 2 N–H and O–H groups in total. The molecule has 0 bridgehead atoms. The second-order valence-electron chi connectivity index (χ2n) is 6.79. The highest BCUT2D eigenvalue weighted by Crippen LogP contribution is 2.31. The first-order chi connectivity index (χ1) is 14.3. The van der Waals surface area contributed by atoms with Crippen LogP contribution in [0.2, 0.25) is 0 Å². The number of amides is 2. The molecule has 156 valence electrons. The van der Waals surface area contributed by atoms with Crippen LogP contribution in [-0.4, -0.2) is 31.9 Å². The third-order valence-electron chi connectivity index (χ3n) is 4.90. The quantitative estimate of drug-likeness (QED) is 0.538. The molecule has 3 heterocycles. The van der Waals surface area contributed by atoms with Gasteiger partial charge in [0, 0.05) is 18.4 Å². The second kappa shape index (κ2) is 7.80. The molecule has 1 aliphatic heterocycles. The highest BCUT2D eigenvalue weighted by atomic mass is 32.2. The fourth-order valence-electron chi connectivity index (χ4n) is 3.27. The first kappa shape index (κ1) is 20.5. The molecule has 0 unspecified atom stereocenters. The summed E-state index contributed by atoms with van der Waals surface area (Å²) in [6, 6.07) is 10.3. The Morgan fingerprint density at radius 1 is 1.10 bits per heavy atom.